The predicted molar refractivity (Wildman–Crippen MR) is 130 cm³/mol. The normalized spacial score (nSPS) is 10.8. The van der Waals surface area contributed by atoms with Crippen LogP contribution in [0, 0.1) is 6.92 Å². The van der Waals surface area contributed by atoms with Crippen LogP contribution in [0.25, 0.3) is 16.6 Å². The van der Waals surface area contributed by atoms with E-state index in [2.05, 4.69) is 42.2 Å². The second-order valence-corrected chi connectivity index (χ2v) is 7.95. The van der Waals surface area contributed by atoms with Gasteiger partial charge in [-0.15, -0.1) is 0 Å². The summed E-state index contributed by atoms with van der Waals surface area (Å²) in [6.45, 7) is 7.71. The third-order valence-corrected chi connectivity index (χ3v) is 5.06. The lowest BCUT2D eigenvalue weighted by atomic mass is 10.1. The van der Waals surface area contributed by atoms with Gasteiger partial charge in [0, 0.05) is 32.5 Å². The van der Waals surface area contributed by atoms with Gasteiger partial charge in [0.25, 0.3) is 5.91 Å². The van der Waals surface area contributed by atoms with Gasteiger partial charge in [-0.3, -0.25) is 9.48 Å². The second-order valence-electron chi connectivity index (χ2n) is 7.95. The van der Waals surface area contributed by atoms with Crippen molar-refractivity contribution in [1.29, 1.82) is 0 Å². The zero-order chi connectivity index (χ0) is 23.7. The molecule has 0 atom stereocenters. The molecule has 0 bridgehead atoms. The molecule has 0 aliphatic rings. The summed E-state index contributed by atoms with van der Waals surface area (Å²) in [5.74, 6) is 0.848. The highest BCUT2D eigenvalue weighted by molar-refractivity contribution is 6.03. The highest BCUT2D eigenvalue weighted by Gasteiger charge is 2.15. The van der Waals surface area contributed by atoms with Gasteiger partial charge in [-0.1, -0.05) is 12.6 Å². The van der Waals surface area contributed by atoms with Gasteiger partial charge < -0.3 is 15.5 Å². The topological polar surface area (TPSA) is 114 Å². The molecule has 2 N–H and O–H groups in total. The predicted octanol–water partition coefficient (Wildman–Crippen LogP) is 3.56. The van der Waals surface area contributed by atoms with Gasteiger partial charge in [0.2, 0.25) is 5.95 Å². The molecule has 0 unspecified atom stereocenters. The van der Waals surface area contributed by atoms with Crippen LogP contribution in [0.4, 0.5) is 23.1 Å². The number of aryl methyl sites for hydroxylation is 2. The molecule has 4 rings (SSSR count). The van der Waals surface area contributed by atoms with E-state index in [1.54, 1.807) is 24.0 Å². The van der Waals surface area contributed by atoms with E-state index >= 15 is 0 Å². The molecule has 0 saturated heterocycles. The van der Waals surface area contributed by atoms with Crippen molar-refractivity contribution in [2.24, 2.45) is 7.05 Å². The number of carbonyl (C=O) groups excluding carboxylic acids is 1. The van der Waals surface area contributed by atoms with E-state index in [0.29, 0.717) is 39.9 Å². The lowest BCUT2D eigenvalue weighted by Crippen LogP contribution is -2.16. The molecule has 10 nitrogen and oxygen atoms in total. The summed E-state index contributed by atoms with van der Waals surface area (Å²) in [5.41, 5.74) is 5.55. The maximum atomic E-state index is 12.8. The number of hydrogen-bond acceptors (Lipinski definition) is 8. The summed E-state index contributed by atoms with van der Waals surface area (Å²) in [5, 5.41) is 10.6. The molecule has 0 radical (unpaired) electrons. The number of fused-ring (bicyclic) bond motifs is 1. The Bertz CT molecular complexity index is 1370. The lowest BCUT2D eigenvalue weighted by molar-refractivity contribution is 0.101. The first-order valence-electron chi connectivity index (χ1n) is 10.3. The lowest BCUT2D eigenvalue weighted by Gasteiger charge is -2.14. The van der Waals surface area contributed by atoms with Crippen LogP contribution in [-0.4, -0.2) is 49.7 Å². The van der Waals surface area contributed by atoms with Gasteiger partial charge in [-0.25, -0.2) is 19.9 Å². The average molecular weight is 444 g/mol. The van der Waals surface area contributed by atoms with Crippen LogP contribution in [0.15, 0.2) is 43.4 Å². The van der Waals surface area contributed by atoms with Crippen molar-refractivity contribution >= 4 is 45.7 Å². The van der Waals surface area contributed by atoms with Crippen LogP contribution in [-0.2, 0) is 7.05 Å². The van der Waals surface area contributed by atoms with Gasteiger partial charge in [0.1, 0.15) is 23.1 Å². The fourth-order valence-electron chi connectivity index (χ4n) is 3.20. The van der Waals surface area contributed by atoms with Crippen molar-refractivity contribution in [3.8, 4) is 0 Å². The molecule has 1 amide bonds. The van der Waals surface area contributed by atoms with Crippen molar-refractivity contribution in [2.75, 3.05) is 29.6 Å². The molecule has 0 spiro atoms. The minimum Gasteiger partial charge on any atom is -0.347 e. The van der Waals surface area contributed by atoms with Gasteiger partial charge >= 0.3 is 0 Å². The van der Waals surface area contributed by atoms with Gasteiger partial charge in [-0.2, -0.15) is 5.10 Å². The fourth-order valence-corrected chi connectivity index (χ4v) is 3.20. The Balaban J connectivity index is 1.63. The molecular formula is C23H25N9O. The van der Waals surface area contributed by atoms with E-state index in [0.717, 1.165) is 16.8 Å². The first-order chi connectivity index (χ1) is 15.7. The number of amides is 1. The molecule has 4 aromatic rings. The van der Waals surface area contributed by atoms with E-state index in [-0.39, 0.29) is 5.91 Å². The molecule has 33 heavy (non-hydrogen) atoms. The maximum Gasteiger partial charge on any atom is 0.273 e. The minimum absolute atomic E-state index is 0.261. The second kappa shape index (κ2) is 8.65. The third kappa shape index (κ3) is 4.49. The van der Waals surface area contributed by atoms with Gasteiger partial charge in [-0.05, 0) is 43.2 Å². The van der Waals surface area contributed by atoms with E-state index in [4.69, 9.17) is 0 Å². The molecule has 3 heterocycles. The summed E-state index contributed by atoms with van der Waals surface area (Å²) in [7, 11) is 5.47. The first kappa shape index (κ1) is 21.9. The maximum absolute atomic E-state index is 12.8. The molecule has 3 aromatic heterocycles. The van der Waals surface area contributed by atoms with Crippen molar-refractivity contribution < 1.29 is 4.79 Å². The summed E-state index contributed by atoms with van der Waals surface area (Å²) in [4.78, 5) is 32.2. The summed E-state index contributed by atoms with van der Waals surface area (Å²) < 4.78 is 1.54. The summed E-state index contributed by atoms with van der Waals surface area (Å²) in [6, 6.07) is 7.34. The number of anilines is 4. The summed E-state index contributed by atoms with van der Waals surface area (Å²) in [6.07, 6.45) is 3.13. The van der Waals surface area contributed by atoms with E-state index in [1.165, 1.54) is 6.33 Å². The summed E-state index contributed by atoms with van der Waals surface area (Å²) >= 11 is 0. The van der Waals surface area contributed by atoms with Gasteiger partial charge in [0.15, 0.2) is 5.82 Å². The zero-order valence-electron chi connectivity index (χ0n) is 19.2. The van der Waals surface area contributed by atoms with E-state index < -0.39 is 0 Å². The SMILES string of the molecule is C=C(C)c1cc(C(=O)Nc2ccc(C)c(Nc3ncnc4cnc(N(C)C)nc34)c2)n(C)n1. The van der Waals surface area contributed by atoms with Crippen LogP contribution in [0.2, 0.25) is 0 Å². The molecule has 1 aromatic carbocycles. The molecule has 0 aliphatic carbocycles. The molecule has 10 heteroatoms. The largest absolute Gasteiger partial charge is 0.347 e. The number of carbonyl (C=O) groups is 1. The average Bonchev–Trinajstić information content (AvgIpc) is 3.18. The fraction of sp³-hybridized carbons (Fsp3) is 0.217. The number of rotatable bonds is 6. The minimum atomic E-state index is -0.261. The third-order valence-electron chi connectivity index (χ3n) is 5.06. The molecule has 0 saturated carbocycles. The number of allylic oxidation sites excluding steroid dienone is 1. The Kier molecular flexibility index (Phi) is 5.74. The monoisotopic (exact) mass is 443 g/mol. The zero-order valence-corrected chi connectivity index (χ0v) is 19.2. The smallest absolute Gasteiger partial charge is 0.273 e. The highest BCUT2D eigenvalue weighted by Crippen LogP contribution is 2.27. The highest BCUT2D eigenvalue weighted by atomic mass is 16.2. The Hall–Kier alpha value is -4.34. The first-order valence-corrected chi connectivity index (χ1v) is 10.3. The Morgan fingerprint density at radius 2 is 1.94 bits per heavy atom. The number of hydrogen-bond donors (Lipinski definition) is 2. The van der Waals surface area contributed by atoms with Crippen LogP contribution in [0.3, 0.4) is 0 Å². The van der Waals surface area contributed by atoms with Crippen LogP contribution in [0.5, 0.6) is 0 Å². The standard InChI is InChI=1S/C23H25N9O/c1-13(2)16-10-19(32(6)30-16)22(33)27-15-8-7-14(3)17(9-15)28-21-20-18(25-12-26-21)11-24-23(29-20)31(4)5/h7-12H,1H2,2-6H3,(H,27,33)(H,25,26,28). The molecule has 0 fully saturated rings. The van der Waals surface area contributed by atoms with Crippen molar-refractivity contribution in [3.05, 3.63) is 60.3 Å². The molecule has 0 aliphatic heterocycles. The Labute approximate surface area is 191 Å². The Morgan fingerprint density at radius 3 is 2.64 bits per heavy atom. The number of nitrogens with zero attached hydrogens (tertiary/aromatic N) is 7. The van der Waals surface area contributed by atoms with Crippen molar-refractivity contribution in [2.45, 2.75) is 13.8 Å². The van der Waals surface area contributed by atoms with Crippen LogP contribution < -0.4 is 15.5 Å². The van der Waals surface area contributed by atoms with Crippen LogP contribution >= 0.6 is 0 Å². The van der Waals surface area contributed by atoms with Gasteiger partial charge in [0.05, 0.1) is 11.9 Å². The number of benzene rings is 1. The van der Waals surface area contributed by atoms with E-state index in [1.807, 2.05) is 51.0 Å². The number of aromatic nitrogens is 6. The van der Waals surface area contributed by atoms with Crippen molar-refractivity contribution in [1.82, 2.24) is 29.7 Å². The van der Waals surface area contributed by atoms with E-state index in [9.17, 15) is 4.79 Å². The number of nitrogens with one attached hydrogen (secondary N) is 2. The Morgan fingerprint density at radius 1 is 1.15 bits per heavy atom. The van der Waals surface area contributed by atoms with Crippen molar-refractivity contribution in [3.63, 3.8) is 0 Å². The molecule has 168 valence electrons. The molecular weight excluding hydrogens is 418 g/mol. The quantitative estimate of drug-likeness (QED) is 0.465. The van der Waals surface area contributed by atoms with Crippen LogP contribution in [0.1, 0.15) is 28.7 Å².